The third kappa shape index (κ3) is 4.48. The molecule has 2 heterocycles. The van der Waals surface area contributed by atoms with Crippen LogP contribution in [0, 0.1) is 23.1 Å². The van der Waals surface area contributed by atoms with E-state index in [4.69, 9.17) is 4.74 Å². The number of para-hydroxylation sites is 1. The van der Waals surface area contributed by atoms with Gasteiger partial charge in [-0.25, -0.2) is 9.38 Å². The first-order valence-electron chi connectivity index (χ1n) is 10.7. The summed E-state index contributed by atoms with van der Waals surface area (Å²) in [7, 11) is 0. The monoisotopic (exact) mass is 413 g/mol. The lowest BCUT2D eigenvalue weighted by Crippen LogP contribution is -2.48. The van der Waals surface area contributed by atoms with E-state index < -0.39 is 12.1 Å². The van der Waals surface area contributed by atoms with Gasteiger partial charge in [-0.2, -0.15) is 5.26 Å². The summed E-state index contributed by atoms with van der Waals surface area (Å²) in [4.78, 5) is 6.55. The van der Waals surface area contributed by atoms with Crippen LogP contribution in [0.1, 0.15) is 32.1 Å². The van der Waals surface area contributed by atoms with Gasteiger partial charge in [0.2, 0.25) is 0 Å². The van der Waals surface area contributed by atoms with Crippen LogP contribution in [0.4, 0.5) is 15.8 Å². The summed E-state index contributed by atoms with van der Waals surface area (Å²) in [6, 6.07) is 6.76. The molecular weight excluding hydrogens is 385 g/mol. The smallest absolute Gasteiger partial charge is 0.193 e. The third-order valence-corrected chi connectivity index (χ3v) is 5.96. The summed E-state index contributed by atoms with van der Waals surface area (Å²) < 4.78 is 20.1. The molecule has 0 spiro atoms. The summed E-state index contributed by atoms with van der Waals surface area (Å²) in [5, 5.41) is 27.0. The molecule has 1 aromatic carbocycles. The van der Waals surface area contributed by atoms with E-state index in [0.29, 0.717) is 42.8 Å². The molecular formula is C22H28FN5O2. The molecule has 1 saturated heterocycles. The predicted molar refractivity (Wildman–Crippen MR) is 113 cm³/mol. The minimum Gasteiger partial charge on any atom is -0.364 e. The zero-order valence-corrected chi connectivity index (χ0v) is 17.0. The number of nitrogens with zero attached hydrogens (tertiary/aromatic N) is 3. The Morgan fingerprint density at radius 3 is 2.80 bits per heavy atom. The number of aliphatic hydroxyl groups excluding tert-OH is 1. The molecule has 1 atom stereocenters. The Labute approximate surface area is 176 Å². The molecule has 8 heteroatoms. The largest absolute Gasteiger partial charge is 0.364 e. The number of amidine groups is 1. The van der Waals surface area contributed by atoms with E-state index in [1.54, 1.807) is 12.1 Å². The van der Waals surface area contributed by atoms with Crippen LogP contribution in [0.15, 0.2) is 34.5 Å². The third-order valence-electron chi connectivity index (χ3n) is 5.96. The fourth-order valence-electron chi connectivity index (χ4n) is 4.27. The van der Waals surface area contributed by atoms with Crippen molar-refractivity contribution in [3.8, 4) is 6.07 Å². The fraction of sp³-hybridized carbons (Fsp3) is 0.545. The highest BCUT2D eigenvalue weighted by atomic mass is 19.1. The number of hydrogen-bond acceptors (Lipinski definition) is 7. The quantitative estimate of drug-likeness (QED) is 0.519. The van der Waals surface area contributed by atoms with Crippen molar-refractivity contribution >= 4 is 17.2 Å². The van der Waals surface area contributed by atoms with Crippen molar-refractivity contribution in [2.75, 3.05) is 38.1 Å². The van der Waals surface area contributed by atoms with Crippen LogP contribution in [0.2, 0.25) is 0 Å². The normalized spacial score (nSPS) is 22.4. The number of benzene rings is 1. The maximum atomic E-state index is 14.4. The van der Waals surface area contributed by atoms with Gasteiger partial charge in [0, 0.05) is 26.2 Å². The first-order valence-corrected chi connectivity index (χ1v) is 10.7. The van der Waals surface area contributed by atoms with Gasteiger partial charge in [-0.05, 0) is 30.9 Å². The van der Waals surface area contributed by atoms with Gasteiger partial charge in [-0.3, -0.25) is 0 Å². The molecule has 1 aliphatic carbocycles. The molecule has 1 saturated carbocycles. The van der Waals surface area contributed by atoms with Gasteiger partial charge >= 0.3 is 0 Å². The molecule has 1 aromatic rings. The highest BCUT2D eigenvalue weighted by molar-refractivity contribution is 6.07. The molecule has 160 valence electrons. The molecule has 0 radical (unpaired) electrons. The van der Waals surface area contributed by atoms with E-state index in [0.717, 1.165) is 25.9 Å². The minimum atomic E-state index is -1.36. The van der Waals surface area contributed by atoms with Gasteiger partial charge in [0.15, 0.2) is 17.9 Å². The molecule has 2 aliphatic heterocycles. The van der Waals surface area contributed by atoms with E-state index in [2.05, 4.69) is 21.7 Å². The van der Waals surface area contributed by atoms with Crippen LogP contribution < -0.4 is 10.6 Å². The molecule has 30 heavy (non-hydrogen) atoms. The molecule has 2 fully saturated rings. The van der Waals surface area contributed by atoms with Gasteiger partial charge in [-0.15, -0.1) is 0 Å². The second kappa shape index (κ2) is 9.56. The maximum absolute atomic E-state index is 14.4. The number of hydrogen-bond donors (Lipinski definition) is 3. The van der Waals surface area contributed by atoms with E-state index >= 15 is 0 Å². The van der Waals surface area contributed by atoms with Gasteiger partial charge in [0.05, 0.1) is 12.3 Å². The van der Waals surface area contributed by atoms with Crippen LogP contribution in [0.3, 0.4) is 0 Å². The van der Waals surface area contributed by atoms with Crippen LogP contribution in [0.5, 0.6) is 0 Å². The molecule has 1 unspecified atom stereocenters. The van der Waals surface area contributed by atoms with Gasteiger partial charge < -0.3 is 25.4 Å². The summed E-state index contributed by atoms with van der Waals surface area (Å²) in [5.74, 6) is 0.444. The second-order valence-electron chi connectivity index (χ2n) is 8.02. The van der Waals surface area contributed by atoms with Crippen molar-refractivity contribution in [1.29, 1.82) is 5.26 Å². The van der Waals surface area contributed by atoms with Gasteiger partial charge in [-0.1, -0.05) is 25.3 Å². The summed E-state index contributed by atoms with van der Waals surface area (Å²) in [6.07, 6.45) is 4.42. The number of aliphatic hydroxyl groups is 1. The van der Waals surface area contributed by atoms with Gasteiger partial charge in [0.25, 0.3) is 0 Å². The SMILES string of the molecule is N#C/C(=C1/Nc2cccc(F)c2N=C1N1CCNCC1)C(O)OCC1CCCCC1. The first-order chi connectivity index (χ1) is 14.7. The predicted octanol–water partition coefficient (Wildman–Crippen LogP) is 2.88. The molecule has 7 nitrogen and oxygen atoms in total. The molecule has 4 rings (SSSR count). The van der Waals surface area contributed by atoms with Gasteiger partial charge in [0.1, 0.15) is 23.0 Å². The van der Waals surface area contributed by atoms with Crippen LogP contribution in [0.25, 0.3) is 0 Å². The zero-order valence-electron chi connectivity index (χ0n) is 17.0. The van der Waals surface area contributed by atoms with E-state index in [1.807, 2.05) is 4.90 Å². The number of nitrogens with one attached hydrogen (secondary N) is 2. The number of nitriles is 1. The molecule has 0 amide bonds. The lowest BCUT2D eigenvalue weighted by molar-refractivity contribution is -0.0846. The fourth-order valence-corrected chi connectivity index (χ4v) is 4.27. The Kier molecular flexibility index (Phi) is 6.62. The van der Waals surface area contributed by atoms with Crippen LogP contribution >= 0.6 is 0 Å². The Morgan fingerprint density at radius 1 is 1.30 bits per heavy atom. The van der Waals surface area contributed by atoms with Crippen molar-refractivity contribution in [3.63, 3.8) is 0 Å². The highest BCUT2D eigenvalue weighted by Gasteiger charge is 2.30. The lowest BCUT2D eigenvalue weighted by atomic mass is 9.90. The minimum absolute atomic E-state index is 0.0676. The van der Waals surface area contributed by atoms with Crippen LogP contribution in [-0.4, -0.2) is 54.9 Å². The Bertz CT molecular complexity index is 867. The number of fused-ring (bicyclic) bond motifs is 1. The van der Waals surface area contributed by atoms with E-state index in [-0.39, 0.29) is 11.3 Å². The summed E-state index contributed by atoms with van der Waals surface area (Å²) >= 11 is 0. The summed E-state index contributed by atoms with van der Waals surface area (Å²) in [5.41, 5.74) is 1.13. The number of anilines is 1. The standard InChI is InChI=1S/C22H28FN5O2/c23-17-7-4-8-18-20(17)27-21(28-11-9-25-10-12-28)19(26-18)16(13-24)22(29)30-14-15-5-2-1-3-6-15/h4,7-8,15,22,25-26,29H,1-3,5-6,9-12,14H2/b19-16-. The number of halogens is 1. The number of aliphatic imine (C=N–C) groups is 1. The molecule has 0 aromatic heterocycles. The summed E-state index contributed by atoms with van der Waals surface area (Å²) in [6.45, 7) is 3.29. The van der Waals surface area contributed by atoms with Crippen molar-refractivity contribution in [2.45, 2.75) is 38.4 Å². The average Bonchev–Trinajstić information content (AvgIpc) is 2.79. The first kappa shape index (κ1) is 20.8. The number of rotatable bonds is 4. The average molecular weight is 413 g/mol. The zero-order chi connectivity index (χ0) is 20.9. The molecule has 3 aliphatic rings. The van der Waals surface area contributed by atoms with Crippen molar-refractivity contribution < 1.29 is 14.2 Å². The Hall–Kier alpha value is -2.47. The topological polar surface area (TPSA) is 92.9 Å². The van der Waals surface area contributed by atoms with E-state index in [9.17, 15) is 14.8 Å². The van der Waals surface area contributed by atoms with Crippen molar-refractivity contribution in [2.24, 2.45) is 10.9 Å². The second-order valence-corrected chi connectivity index (χ2v) is 8.02. The Morgan fingerprint density at radius 2 is 2.07 bits per heavy atom. The molecule has 3 N–H and O–H groups in total. The molecule has 0 bridgehead atoms. The number of piperazine rings is 1. The number of ether oxygens (including phenoxy) is 1. The van der Waals surface area contributed by atoms with Crippen molar-refractivity contribution in [3.05, 3.63) is 35.3 Å². The highest BCUT2D eigenvalue weighted by Crippen LogP contribution is 2.35. The van der Waals surface area contributed by atoms with Crippen LogP contribution in [-0.2, 0) is 4.74 Å². The lowest BCUT2D eigenvalue weighted by Gasteiger charge is -2.34. The Balaban J connectivity index is 1.64. The van der Waals surface area contributed by atoms with Crippen molar-refractivity contribution in [1.82, 2.24) is 10.2 Å². The maximum Gasteiger partial charge on any atom is 0.193 e. The van der Waals surface area contributed by atoms with E-state index in [1.165, 1.54) is 25.3 Å².